The number of benzene rings is 3. The predicted octanol–water partition coefficient (Wildman–Crippen LogP) is 8.93. The summed E-state index contributed by atoms with van der Waals surface area (Å²) in [6, 6.07) is 18.2. The van der Waals surface area contributed by atoms with Crippen molar-refractivity contribution in [3.8, 4) is 0 Å². The highest BCUT2D eigenvalue weighted by molar-refractivity contribution is 5.88. The first-order valence-electron chi connectivity index (χ1n) is 13.8. The number of nitrogens with zero attached hydrogens (tertiary/aromatic N) is 1. The smallest absolute Gasteiger partial charge is 0.416 e. The molecule has 0 saturated carbocycles. The second-order valence-electron chi connectivity index (χ2n) is 10.9. The van der Waals surface area contributed by atoms with Crippen molar-refractivity contribution in [2.24, 2.45) is 0 Å². The van der Waals surface area contributed by atoms with Gasteiger partial charge in [-0.2, -0.15) is 13.2 Å². The average Bonchev–Trinajstić information content (AvgIpc) is 3.23. The number of fused-ring (bicyclic) bond motifs is 3. The quantitative estimate of drug-likeness (QED) is 0.170. The van der Waals surface area contributed by atoms with Gasteiger partial charge < -0.3 is 9.30 Å². The Balaban J connectivity index is 1.71. The van der Waals surface area contributed by atoms with Crippen molar-refractivity contribution in [3.63, 3.8) is 0 Å². The van der Waals surface area contributed by atoms with E-state index in [2.05, 4.69) is 36.6 Å². The van der Waals surface area contributed by atoms with Crippen LogP contribution in [0.5, 0.6) is 0 Å². The molecule has 1 aromatic heterocycles. The van der Waals surface area contributed by atoms with Gasteiger partial charge in [0.05, 0.1) is 18.6 Å². The Bertz CT molecular complexity index is 1500. The highest BCUT2D eigenvalue weighted by Crippen LogP contribution is 2.49. The minimum absolute atomic E-state index is 0.00665. The van der Waals surface area contributed by atoms with E-state index in [9.17, 15) is 22.4 Å². The number of esters is 1. The Kier molecular flexibility index (Phi) is 7.76. The monoisotopic (exact) mass is 551 g/mol. The van der Waals surface area contributed by atoms with Gasteiger partial charge in [-0.05, 0) is 84.3 Å². The fourth-order valence-corrected chi connectivity index (χ4v) is 6.03. The van der Waals surface area contributed by atoms with Gasteiger partial charge in [0.1, 0.15) is 5.82 Å². The topological polar surface area (TPSA) is 31.2 Å². The molecule has 0 spiro atoms. The second kappa shape index (κ2) is 11.1. The number of ether oxygens (including phenoxy) is 1. The lowest BCUT2D eigenvalue weighted by molar-refractivity contribution is -0.143. The minimum atomic E-state index is -4.40. The van der Waals surface area contributed by atoms with E-state index in [0.717, 1.165) is 58.3 Å². The third-order valence-corrected chi connectivity index (χ3v) is 7.99. The van der Waals surface area contributed by atoms with Gasteiger partial charge in [0.25, 0.3) is 0 Å². The van der Waals surface area contributed by atoms with Gasteiger partial charge in [-0.1, -0.05) is 44.2 Å². The fourth-order valence-electron chi connectivity index (χ4n) is 6.03. The molecule has 5 rings (SSSR count). The molecule has 0 saturated heterocycles. The molecule has 0 fully saturated rings. The Morgan fingerprint density at radius 3 is 2.33 bits per heavy atom. The van der Waals surface area contributed by atoms with Crippen LogP contribution in [0.4, 0.5) is 17.6 Å². The summed E-state index contributed by atoms with van der Waals surface area (Å²) in [6.07, 6.45) is -2.67. The highest BCUT2D eigenvalue weighted by atomic mass is 19.4. The molecule has 4 aromatic rings. The summed E-state index contributed by atoms with van der Waals surface area (Å²) in [7, 11) is 0. The van der Waals surface area contributed by atoms with Crippen molar-refractivity contribution in [2.75, 3.05) is 6.61 Å². The maximum absolute atomic E-state index is 13.8. The van der Waals surface area contributed by atoms with E-state index < -0.39 is 11.7 Å². The van der Waals surface area contributed by atoms with Gasteiger partial charge >= 0.3 is 12.1 Å². The van der Waals surface area contributed by atoms with E-state index in [0.29, 0.717) is 19.1 Å². The number of hydrogen-bond acceptors (Lipinski definition) is 2. The van der Waals surface area contributed by atoms with Crippen LogP contribution < -0.4 is 0 Å². The zero-order chi connectivity index (χ0) is 28.6. The third kappa shape index (κ3) is 5.51. The first-order chi connectivity index (χ1) is 19.1. The van der Waals surface area contributed by atoms with Gasteiger partial charge in [-0.3, -0.25) is 4.79 Å². The zero-order valence-electron chi connectivity index (χ0n) is 22.9. The van der Waals surface area contributed by atoms with E-state index >= 15 is 0 Å². The molecule has 0 radical (unpaired) electrons. The SMILES string of the molecule is CCOC(=O)CC1CCC(c2ccc(F)cc2)c2c1n(Cc1ccc(C(F)(F)F)cc1)c1ccc(C(C)C)cc21. The lowest BCUT2D eigenvalue weighted by Gasteiger charge is -2.31. The van der Waals surface area contributed by atoms with Crippen LogP contribution >= 0.6 is 0 Å². The Morgan fingerprint density at radius 2 is 1.70 bits per heavy atom. The van der Waals surface area contributed by atoms with Gasteiger partial charge in [-0.25, -0.2) is 4.39 Å². The standard InChI is InChI=1S/C33H33F4NO2/c1-4-40-30(39)18-24-9-15-27(22-7-13-26(34)14-8-22)31-28-17-23(20(2)3)10-16-29(28)38(32(24)31)19-21-5-11-25(12-6-21)33(35,36)37/h5-8,10-14,16-17,20,24,27H,4,9,15,18-19H2,1-3H3. The first-order valence-corrected chi connectivity index (χ1v) is 13.8. The van der Waals surface area contributed by atoms with Gasteiger partial charge in [-0.15, -0.1) is 0 Å². The predicted molar refractivity (Wildman–Crippen MR) is 148 cm³/mol. The molecular formula is C33H33F4NO2. The fraction of sp³-hybridized carbons (Fsp3) is 0.364. The maximum atomic E-state index is 13.8. The Labute approximate surface area is 231 Å². The summed E-state index contributed by atoms with van der Waals surface area (Å²) in [4.78, 5) is 12.7. The number of aromatic nitrogens is 1. The van der Waals surface area contributed by atoms with E-state index in [1.807, 2.05) is 12.1 Å². The largest absolute Gasteiger partial charge is 0.466 e. The van der Waals surface area contributed by atoms with Crippen LogP contribution in [-0.2, 0) is 22.3 Å². The number of halogens is 4. The highest BCUT2D eigenvalue weighted by Gasteiger charge is 2.36. The molecule has 210 valence electrons. The molecule has 0 bridgehead atoms. The summed E-state index contributed by atoms with van der Waals surface area (Å²) in [5, 5.41) is 1.07. The molecule has 3 nitrogen and oxygen atoms in total. The second-order valence-corrected chi connectivity index (χ2v) is 10.9. The lowest BCUT2D eigenvalue weighted by Crippen LogP contribution is -2.21. The summed E-state index contributed by atoms with van der Waals surface area (Å²) >= 11 is 0. The summed E-state index contributed by atoms with van der Waals surface area (Å²) in [5.41, 5.74) is 5.31. The summed E-state index contributed by atoms with van der Waals surface area (Å²) < 4.78 is 61.0. The molecule has 0 amide bonds. The van der Waals surface area contributed by atoms with Gasteiger partial charge in [0.2, 0.25) is 0 Å². The average molecular weight is 552 g/mol. The van der Waals surface area contributed by atoms with E-state index in [1.54, 1.807) is 6.92 Å². The van der Waals surface area contributed by atoms with Crippen LogP contribution in [0.3, 0.4) is 0 Å². The number of rotatable bonds is 7. The molecule has 2 unspecified atom stereocenters. The molecule has 0 aliphatic heterocycles. The number of alkyl halides is 3. The summed E-state index contributed by atoms with van der Waals surface area (Å²) in [6.45, 7) is 6.70. The number of carbonyl (C=O) groups is 1. The van der Waals surface area contributed by atoms with Crippen molar-refractivity contribution in [3.05, 3.63) is 106 Å². The van der Waals surface area contributed by atoms with E-state index in [4.69, 9.17) is 4.74 Å². The first kappa shape index (κ1) is 27.9. The molecule has 3 aromatic carbocycles. The molecule has 1 aliphatic carbocycles. The maximum Gasteiger partial charge on any atom is 0.416 e. The Morgan fingerprint density at radius 1 is 1.00 bits per heavy atom. The van der Waals surface area contributed by atoms with Crippen LogP contribution in [0.1, 0.15) is 91.3 Å². The molecule has 2 atom stereocenters. The zero-order valence-corrected chi connectivity index (χ0v) is 22.9. The lowest BCUT2D eigenvalue weighted by atomic mass is 9.75. The third-order valence-electron chi connectivity index (χ3n) is 7.99. The van der Waals surface area contributed by atoms with Crippen molar-refractivity contribution in [2.45, 2.75) is 70.5 Å². The van der Waals surface area contributed by atoms with Gasteiger partial charge in [0.15, 0.2) is 0 Å². The number of carbonyl (C=O) groups excluding carboxylic acids is 1. The van der Waals surface area contributed by atoms with Crippen molar-refractivity contribution < 1.29 is 27.1 Å². The van der Waals surface area contributed by atoms with Crippen molar-refractivity contribution in [1.29, 1.82) is 0 Å². The van der Waals surface area contributed by atoms with Gasteiger partial charge in [0, 0.05) is 35.0 Å². The molecular weight excluding hydrogens is 518 g/mol. The van der Waals surface area contributed by atoms with Crippen molar-refractivity contribution >= 4 is 16.9 Å². The molecule has 1 aliphatic rings. The van der Waals surface area contributed by atoms with Crippen LogP contribution in [-0.4, -0.2) is 17.1 Å². The molecule has 7 heteroatoms. The van der Waals surface area contributed by atoms with Crippen LogP contribution in [0.2, 0.25) is 0 Å². The normalized spacial score (nSPS) is 17.3. The molecule has 40 heavy (non-hydrogen) atoms. The van der Waals surface area contributed by atoms with Crippen LogP contribution in [0.25, 0.3) is 10.9 Å². The van der Waals surface area contributed by atoms with E-state index in [-0.39, 0.29) is 30.0 Å². The minimum Gasteiger partial charge on any atom is -0.466 e. The van der Waals surface area contributed by atoms with Crippen molar-refractivity contribution in [1.82, 2.24) is 4.57 Å². The summed E-state index contributed by atoms with van der Waals surface area (Å²) in [5.74, 6) is -0.399. The molecule has 0 N–H and O–H groups in total. The number of hydrogen-bond donors (Lipinski definition) is 0. The van der Waals surface area contributed by atoms with E-state index in [1.165, 1.54) is 29.8 Å². The molecule has 1 heterocycles. The Hall–Kier alpha value is -3.61. The van der Waals surface area contributed by atoms with Crippen LogP contribution in [0.15, 0.2) is 66.7 Å². The van der Waals surface area contributed by atoms with Crippen LogP contribution in [0, 0.1) is 5.82 Å².